The third-order valence-corrected chi connectivity index (χ3v) is 5.69. The van der Waals surface area contributed by atoms with Crippen molar-refractivity contribution in [2.75, 3.05) is 18.5 Å². The Morgan fingerprint density at radius 2 is 1.74 bits per heavy atom. The van der Waals surface area contributed by atoms with Gasteiger partial charge in [-0.1, -0.05) is 46.9 Å². The zero-order valence-electron chi connectivity index (χ0n) is 16.2. The number of hydrogen-bond acceptors (Lipinski definition) is 4. The molecule has 4 rings (SSSR count). The fourth-order valence-electron chi connectivity index (χ4n) is 3.36. The average Bonchev–Trinajstić information content (AvgIpc) is 3.05. The summed E-state index contributed by atoms with van der Waals surface area (Å²) in [5.74, 6) is -0.198. The van der Waals surface area contributed by atoms with E-state index >= 15 is 0 Å². The van der Waals surface area contributed by atoms with Gasteiger partial charge < -0.3 is 15.2 Å². The molecule has 1 aliphatic heterocycles. The normalized spacial score (nSPS) is 14.4. The number of anilines is 1. The van der Waals surface area contributed by atoms with E-state index in [9.17, 15) is 9.90 Å². The number of rotatable bonds is 4. The summed E-state index contributed by atoms with van der Waals surface area (Å²) in [7, 11) is 0. The van der Waals surface area contributed by atoms with Gasteiger partial charge in [0.2, 0.25) is 0 Å². The number of carbonyl (C=O) groups is 1. The highest BCUT2D eigenvalue weighted by atomic mass is 35.5. The Kier molecular flexibility index (Phi) is 6.57. The molecule has 0 bridgehead atoms. The van der Waals surface area contributed by atoms with Crippen LogP contribution < -0.4 is 10.6 Å². The SMILES string of the molecule is O=C(Nc1nn(-c2ccc(Cl)cc2Cl)c(-c2ccc(Cl)cc2)c1O)NC1CCOCC1. The molecule has 0 atom stereocenters. The van der Waals surface area contributed by atoms with Crippen molar-refractivity contribution in [1.29, 1.82) is 0 Å². The predicted octanol–water partition coefficient (Wildman–Crippen LogP) is 5.51. The van der Waals surface area contributed by atoms with E-state index < -0.39 is 6.03 Å². The summed E-state index contributed by atoms with van der Waals surface area (Å²) in [6.07, 6.45) is 1.45. The molecule has 0 spiro atoms. The van der Waals surface area contributed by atoms with Crippen molar-refractivity contribution in [3.05, 3.63) is 57.5 Å². The summed E-state index contributed by atoms with van der Waals surface area (Å²) >= 11 is 18.4. The molecule has 3 N–H and O–H groups in total. The van der Waals surface area contributed by atoms with E-state index in [0.29, 0.717) is 45.2 Å². The van der Waals surface area contributed by atoms with Gasteiger partial charge in [-0.05, 0) is 43.2 Å². The highest BCUT2D eigenvalue weighted by Crippen LogP contribution is 2.39. The number of benzene rings is 2. The van der Waals surface area contributed by atoms with E-state index in [1.165, 1.54) is 4.68 Å². The zero-order chi connectivity index (χ0) is 22.0. The monoisotopic (exact) mass is 480 g/mol. The minimum atomic E-state index is -0.461. The predicted molar refractivity (Wildman–Crippen MR) is 122 cm³/mol. The number of halogens is 3. The largest absolute Gasteiger partial charge is 0.503 e. The summed E-state index contributed by atoms with van der Waals surface area (Å²) in [5, 5.41) is 22.2. The zero-order valence-corrected chi connectivity index (χ0v) is 18.5. The van der Waals surface area contributed by atoms with E-state index in [1.807, 2.05) is 0 Å². The van der Waals surface area contributed by atoms with Gasteiger partial charge in [-0.15, -0.1) is 5.10 Å². The molecule has 1 fully saturated rings. The number of nitrogens with zero attached hydrogens (tertiary/aromatic N) is 2. The Hall–Kier alpha value is -2.45. The van der Waals surface area contributed by atoms with Crippen molar-refractivity contribution in [2.24, 2.45) is 0 Å². The lowest BCUT2D eigenvalue weighted by Gasteiger charge is -2.22. The highest BCUT2D eigenvalue weighted by Gasteiger charge is 2.24. The molecule has 10 heteroatoms. The van der Waals surface area contributed by atoms with Gasteiger partial charge in [-0.2, -0.15) is 0 Å². The Morgan fingerprint density at radius 3 is 2.42 bits per heavy atom. The number of amides is 2. The second-order valence-corrected chi connectivity index (χ2v) is 8.33. The summed E-state index contributed by atoms with van der Waals surface area (Å²) in [4.78, 5) is 12.5. The summed E-state index contributed by atoms with van der Waals surface area (Å²) in [6, 6.07) is 11.3. The molecule has 31 heavy (non-hydrogen) atoms. The van der Waals surface area contributed by atoms with Crippen LogP contribution >= 0.6 is 34.8 Å². The standard InChI is InChI=1S/C21H19Cl3N4O3/c22-13-3-1-12(2-4-13)18-19(29)20(26-21(30)25-15-7-9-31-10-8-15)27-28(18)17-6-5-14(23)11-16(17)24/h1-6,11,15,29H,7-10H2,(H2,25,26,27,30). The first kappa shape index (κ1) is 21.8. The Labute approximate surface area is 193 Å². The smallest absolute Gasteiger partial charge is 0.320 e. The highest BCUT2D eigenvalue weighted by molar-refractivity contribution is 6.35. The van der Waals surface area contributed by atoms with Gasteiger partial charge in [0, 0.05) is 34.9 Å². The van der Waals surface area contributed by atoms with Crippen LogP contribution in [0, 0.1) is 0 Å². The molecule has 7 nitrogen and oxygen atoms in total. The molecule has 0 saturated carbocycles. The van der Waals surface area contributed by atoms with Crippen LogP contribution in [-0.4, -0.2) is 40.2 Å². The molecule has 0 aliphatic carbocycles. The Morgan fingerprint density at radius 1 is 1.06 bits per heavy atom. The third-order valence-electron chi connectivity index (χ3n) is 4.90. The number of hydrogen-bond donors (Lipinski definition) is 3. The Balaban J connectivity index is 1.71. The van der Waals surface area contributed by atoms with Gasteiger partial charge in [-0.3, -0.25) is 5.32 Å². The number of carbonyl (C=O) groups excluding carboxylic acids is 1. The minimum Gasteiger partial charge on any atom is -0.503 e. The maximum Gasteiger partial charge on any atom is 0.320 e. The van der Waals surface area contributed by atoms with Crippen molar-refractivity contribution in [3.63, 3.8) is 0 Å². The summed E-state index contributed by atoms with van der Waals surface area (Å²) in [5.41, 5.74) is 1.48. The first-order valence-electron chi connectivity index (χ1n) is 9.61. The molecular weight excluding hydrogens is 463 g/mol. The van der Waals surface area contributed by atoms with Gasteiger partial charge in [0.25, 0.3) is 0 Å². The van der Waals surface area contributed by atoms with Crippen molar-refractivity contribution >= 4 is 46.7 Å². The van der Waals surface area contributed by atoms with Crippen LogP contribution in [0.3, 0.4) is 0 Å². The van der Waals surface area contributed by atoms with Crippen LogP contribution in [0.25, 0.3) is 16.9 Å². The molecule has 3 aromatic rings. The number of nitrogens with one attached hydrogen (secondary N) is 2. The lowest BCUT2D eigenvalue weighted by molar-refractivity contribution is 0.0806. The second-order valence-electron chi connectivity index (χ2n) is 7.05. The fraction of sp³-hybridized carbons (Fsp3) is 0.238. The van der Waals surface area contributed by atoms with Gasteiger partial charge in [0.05, 0.1) is 10.7 Å². The van der Waals surface area contributed by atoms with Gasteiger partial charge in [0.15, 0.2) is 11.6 Å². The van der Waals surface area contributed by atoms with E-state index in [1.54, 1.807) is 42.5 Å². The van der Waals surface area contributed by atoms with E-state index in [2.05, 4.69) is 15.7 Å². The summed E-state index contributed by atoms with van der Waals surface area (Å²) < 4.78 is 6.76. The number of ether oxygens (including phenoxy) is 1. The molecule has 0 radical (unpaired) electrons. The lowest BCUT2D eigenvalue weighted by atomic mass is 10.1. The van der Waals surface area contributed by atoms with Crippen LogP contribution in [0.4, 0.5) is 10.6 Å². The average molecular weight is 482 g/mol. The van der Waals surface area contributed by atoms with E-state index in [0.717, 1.165) is 12.8 Å². The van der Waals surface area contributed by atoms with E-state index in [4.69, 9.17) is 39.5 Å². The third kappa shape index (κ3) is 4.91. The molecule has 1 aliphatic rings. The van der Waals surface area contributed by atoms with Gasteiger partial charge >= 0.3 is 6.03 Å². The van der Waals surface area contributed by atoms with E-state index in [-0.39, 0.29) is 17.6 Å². The van der Waals surface area contributed by atoms with Crippen LogP contribution in [0.15, 0.2) is 42.5 Å². The van der Waals surface area contributed by atoms with Crippen LogP contribution in [-0.2, 0) is 4.74 Å². The van der Waals surface area contributed by atoms with Crippen LogP contribution in [0.2, 0.25) is 15.1 Å². The first-order chi connectivity index (χ1) is 14.9. The molecule has 1 saturated heterocycles. The number of aromatic nitrogens is 2. The maximum absolute atomic E-state index is 12.5. The topological polar surface area (TPSA) is 88.4 Å². The lowest BCUT2D eigenvalue weighted by Crippen LogP contribution is -2.41. The van der Waals surface area contributed by atoms with Crippen molar-refractivity contribution in [3.8, 4) is 22.7 Å². The minimum absolute atomic E-state index is 0.000487. The molecule has 2 amide bonds. The second kappa shape index (κ2) is 9.36. The molecule has 162 valence electrons. The molecule has 2 aromatic carbocycles. The quantitative estimate of drug-likeness (QED) is 0.459. The van der Waals surface area contributed by atoms with Gasteiger partial charge in [-0.25, -0.2) is 9.48 Å². The first-order valence-corrected chi connectivity index (χ1v) is 10.7. The molecule has 0 unspecified atom stereocenters. The van der Waals surface area contributed by atoms with Crippen LogP contribution in [0.1, 0.15) is 12.8 Å². The van der Waals surface area contributed by atoms with Crippen molar-refractivity contribution in [2.45, 2.75) is 18.9 Å². The molecular formula is C21H19Cl3N4O3. The molecule has 1 aromatic heterocycles. The summed E-state index contributed by atoms with van der Waals surface area (Å²) in [6.45, 7) is 1.20. The number of urea groups is 1. The maximum atomic E-state index is 12.5. The fourth-order valence-corrected chi connectivity index (χ4v) is 3.97. The number of aromatic hydroxyl groups is 1. The Bertz CT molecular complexity index is 1100. The molecule has 2 heterocycles. The van der Waals surface area contributed by atoms with Crippen molar-refractivity contribution in [1.82, 2.24) is 15.1 Å². The van der Waals surface area contributed by atoms with Crippen LogP contribution in [0.5, 0.6) is 5.75 Å². The van der Waals surface area contributed by atoms with Gasteiger partial charge in [0.1, 0.15) is 5.69 Å². The van der Waals surface area contributed by atoms with Crippen molar-refractivity contribution < 1.29 is 14.6 Å².